The third kappa shape index (κ3) is 4.49. The van der Waals surface area contributed by atoms with E-state index in [1.807, 2.05) is 12.1 Å². The number of hydrogen-bond acceptors (Lipinski definition) is 4. The standard InChI is InChI=1S/C18H28N2O3S/c1-2-16-5-3-6-17(15-16)23-14-13-19-9-4-10-20(12-11-19)24(21,22)18-7-8-18/h3,5-6,15,18H,2,4,7-14H2,1H3. The van der Waals surface area contributed by atoms with Gasteiger partial charge in [-0.2, -0.15) is 0 Å². The minimum absolute atomic E-state index is 0.0989. The highest BCUT2D eigenvalue weighted by Gasteiger charge is 2.40. The molecule has 2 aliphatic rings. The van der Waals surface area contributed by atoms with Crippen molar-refractivity contribution in [1.29, 1.82) is 0 Å². The molecule has 2 fully saturated rings. The molecule has 1 aromatic carbocycles. The van der Waals surface area contributed by atoms with Crippen molar-refractivity contribution in [2.75, 3.05) is 39.3 Å². The lowest BCUT2D eigenvalue weighted by molar-refractivity contribution is 0.215. The van der Waals surface area contributed by atoms with E-state index in [-0.39, 0.29) is 5.25 Å². The molecule has 0 spiro atoms. The molecule has 1 heterocycles. The van der Waals surface area contributed by atoms with Gasteiger partial charge < -0.3 is 4.74 Å². The minimum atomic E-state index is -3.03. The highest BCUT2D eigenvalue weighted by atomic mass is 32.2. The second kappa shape index (κ2) is 7.85. The Morgan fingerprint density at radius 2 is 2.00 bits per heavy atom. The molecule has 0 atom stereocenters. The molecule has 0 amide bonds. The fourth-order valence-corrected chi connectivity index (χ4v) is 5.02. The Labute approximate surface area is 145 Å². The molecule has 5 nitrogen and oxygen atoms in total. The maximum atomic E-state index is 12.3. The number of hydrogen-bond donors (Lipinski definition) is 0. The van der Waals surface area contributed by atoms with E-state index in [4.69, 9.17) is 4.74 Å². The molecule has 24 heavy (non-hydrogen) atoms. The molecule has 1 saturated carbocycles. The van der Waals surface area contributed by atoms with E-state index in [0.29, 0.717) is 19.7 Å². The second-order valence-electron chi connectivity index (χ2n) is 6.69. The van der Waals surface area contributed by atoms with Gasteiger partial charge in [-0.3, -0.25) is 4.90 Å². The molecule has 1 aromatic rings. The first-order valence-corrected chi connectivity index (χ1v) is 10.5. The van der Waals surface area contributed by atoms with Crippen LogP contribution >= 0.6 is 0 Å². The molecule has 1 aliphatic heterocycles. The van der Waals surface area contributed by atoms with Crippen molar-refractivity contribution in [1.82, 2.24) is 9.21 Å². The summed E-state index contributed by atoms with van der Waals surface area (Å²) in [5.41, 5.74) is 1.28. The number of aryl methyl sites for hydroxylation is 1. The van der Waals surface area contributed by atoms with E-state index in [2.05, 4.69) is 24.0 Å². The first-order chi connectivity index (χ1) is 11.6. The summed E-state index contributed by atoms with van der Waals surface area (Å²) in [7, 11) is -3.03. The van der Waals surface area contributed by atoms with Crippen LogP contribution < -0.4 is 4.74 Å². The zero-order chi connectivity index (χ0) is 17.0. The van der Waals surface area contributed by atoms with Crippen LogP contribution in [0.15, 0.2) is 24.3 Å². The van der Waals surface area contributed by atoms with Crippen molar-refractivity contribution in [3.05, 3.63) is 29.8 Å². The van der Waals surface area contributed by atoms with Crippen LogP contribution in [-0.4, -0.2) is 62.2 Å². The molecular weight excluding hydrogens is 324 g/mol. The number of nitrogens with zero attached hydrogens (tertiary/aromatic N) is 2. The average molecular weight is 353 g/mol. The largest absolute Gasteiger partial charge is 0.492 e. The first kappa shape index (κ1) is 17.7. The Kier molecular flexibility index (Phi) is 5.79. The van der Waals surface area contributed by atoms with Gasteiger partial charge in [0.25, 0.3) is 0 Å². The van der Waals surface area contributed by atoms with Gasteiger partial charge in [-0.15, -0.1) is 0 Å². The zero-order valence-electron chi connectivity index (χ0n) is 14.5. The molecular formula is C18H28N2O3S. The van der Waals surface area contributed by atoms with Gasteiger partial charge in [-0.05, 0) is 49.9 Å². The molecule has 0 aromatic heterocycles. The molecule has 0 bridgehead atoms. The number of ether oxygens (including phenoxy) is 1. The van der Waals surface area contributed by atoms with Crippen LogP contribution in [0, 0.1) is 0 Å². The molecule has 1 saturated heterocycles. The van der Waals surface area contributed by atoms with E-state index in [9.17, 15) is 8.42 Å². The van der Waals surface area contributed by atoms with Gasteiger partial charge >= 0.3 is 0 Å². The fraction of sp³-hybridized carbons (Fsp3) is 0.667. The number of benzene rings is 1. The van der Waals surface area contributed by atoms with E-state index >= 15 is 0 Å². The van der Waals surface area contributed by atoms with Crippen molar-refractivity contribution in [3.63, 3.8) is 0 Å². The third-order valence-corrected chi connectivity index (χ3v) is 7.23. The Balaban J connectivity index is 1.45. The summed E-state index contributed by atoms with van der Waals surface area (Å²) >= 11 is 0. The quantitative estimate of drug-likeness (QED) is 0.754. The third-order valence-electron chi connectivity index (χ3n) is 4.84. The number of sulfonamides is 1. The lowest BCUT2D eigenvalue weighted by Gasteiger charge is -2.21. The topological polar surface area (TPSA) is 49.9 Å². The fourth-order valence-electron chi connectivity index (χ4n) is 3.15. The normalized spacial score (nSPS) is 20.7. The lowest BCUT2D eigenvalue weighted by atomic mass is 10.2. The smallest absolute Gasteiger partial charge is 0.217 e. The van der Waals surface area contributed by atoms with E-state index in [0.717, 1.165) is 51.1 Å². The Hall–Kier alpha value is -1.11. The van der Waals surface area contributed by atoms with E-state index in [1.165, 1.54) is 5.56 Å². The average Bonchev–Trinajstić information content (AvgIpc) is 3.42. The van der Waals surface area contributed by atoms with E-state index < -0.39 is 10.0 Å². The van der Waals surface area contributed by atoms with Gasteiger partial charge in [0.15, 0.2) is 0 Å². The summed E-state index contributed by atoms with van der Waals surface area (Å²) in [6, 6.07) is 8.22. The maximum Gasteiger partial charge on any atom is 0.217 e. The molecule has 134 valence electrons. The highest BCUT2D eigenvalue weighted by Crippen LogP contribution is 2.31. The van der Waals surface area contributed by atoms with Crippen molar-refractivity contribution in [2.24, 2.45) is 0 Å². The van der Waals surface area contributed by atoms with E-state index in [1.54, 1.807) is 4.31 Å². The summed E-state index contributed by atoms with van der Waals surface area (Å²) in [6.45, 7) is 6.63. The van der Waals surface area contributed by atoms with Crippen molar-refractivity contribution in [2.45, 2.75) is 37.9 Å². The summed E-state index contributed by atoms with van der Waals surface area (Å²) < 4.78 is 32.3. The summed E-state index contributed by atoms with van der Waals surface area (Å²) in [5, 5.41) is -0.0989. The second-order valence-corrected chi connectivity index (χ2v) is 8.90. The van der Waals surface area contributed by atoms with Crippen LogP contribution in [0.4, 0.5) is 0 Å². The van der Waals surface area contributed by atoms with Gasteiger partial charge in [0.1, 0.15) is 12.4 Å². The van der Waals surface area contributed by atoms with Gasteiger partial charge in [0.2, 0.25) is 10.0 Å². The molecule has 6 heteroatoms. The van der Waals surface area contributed by atoms with Crippen molar-refractivity contribution < 1.29 is 13.2 Å². The lowest BCUT2D eigenvalue weighted by Crippen LogP contribution is -2.37. The summed E-state index contributed by atoms with van der Waals surface area (Å²) in [5.74, 6) is 0.919. The highest BCUT2D eigenvalue weighted by molar-refractivity contribution is 7.90. The molecule has 0 radical (unpaired) electrons. The SMILES string of the molecule is CCc1cccc(OCCN2CCCN(S(=O)(=O)C3CC3)CC2)c1. The van der Waals surface area contributed by atoms with Crippen LogP contribution in [0.25, 0.3) is 0 Å². The monoisotopic (exact) mass is 352 g/mol. The van der Waals surface area contributed by atoms with Gasteiger partial charge in [0.05, 0.1) is 5.25 Å². The van der Waals surface area contributed by atoms with Crippen molar-refractivity contribution in [3.8, 4) is 5.75 Å². The minimum Gasteiger partial charge on any atom is -0.492 e. The molecule has 3 rings (SSSR count). The van der Waals surface area contributed by atoms with Gasteiger partial charge in [0, 0.05) is 26.2 Å². The van der Waals surface area contributed by atoms with Gasteiger partial charge in [-0.25, -0.2) is 12.7 Å². The maximum absolute atomic E-state index is 12.3. The predicted octanol–water partition coefficient (Wildman–Crippen LogP) is 2.13. The Bertz CT molecular complexity index is 643. The van der Waals surface area contributed by atoms with Crippen LogP contribution in [0.5, 0.6) is 5.75 Å². The summed E-state index contributed by atoms with van der Waals surface area (Å²) in [6.07, 6.45) is 3.59. The van der Waals surface area contributed by atoms with Gasteiger partial charge in [-0.1, -0.05) is 19.1 Å². The molecule has 0 N–H and O–H groups in total. The van der Waals surface area contributed by atoms with Crippen LogP contribution in [0.2, 0.25) is 0 Å². The molecule has 0 unspecified atom stereocenters. The summed E-state index contributed by atoms with van der Waals surface area (Å²) in [4.78, 5) is 2.31. The first-order valence-electron chi connectivity index (χ1n) is 9.02. The Morgan fingerprint density at radius 3 is 2.75 bits per heavy atom. The molecule has 1 aliphatic carbocycles. The Morgan fingerprint density at radius 1 is 1.17 bits per heavy atom. The predicted molar refractivity (Wildman–Crippen MR) is 95.9 cm³/mol. The van der Waals surface area contributed by atoms with Crippen LogP contribution in [0.1, 0.15) is 31.7 Å². The zero-order valence-corrected chi connectivity index (χ0v) is 15.3. The number of rotatable bonds is 7. The van der Waals surface area contributed by atoms with Crippen LogP contribution in [-0.2, 0) is 16.4 Å². The van der Waals surface area contributed by atoms with Crippen molar-refractivity contribution >= 4 is 10.0 Å². The van der Waals surface area contributed by atoms with Crippen LogP contribution in [0.3, 0.4) is 0 Å².